The van der Waals surface area contributed by atoms with Gasteiger partial charge in [0, 0.05) is 17.5 Å². The summed E-state index contributed by atoms with van der Waals surface area (Å²) < 4.78 is 10.4. The summed E-state index contributed by atoms with van der Waals surface area (Å²) in [5.74, 6) is -2.20. The van der Waals surface area contributed by atoms with Crippen LogP contribution in [0, 0.1) is 5.92 Å². The Labute approximate surface area is 160 Å². The smallest absolute Gasteiger partial charge is 0.336 e. The van der Waals surface area contributed by atoms with E-state index >= 15 is 0 Å². The molecule has 3 N–H and O–H groups in total. The van der Waals surface area contributed by atoms with Gasteiger partial charge in [-0.25, -0.2) is 9.59 Å². The van der Waals surface area contributed by atoms with E-state index in [-0.39, 0.29) is 19.1 Å². The Morgan fingerprint density at radius 3 is 2.57 bits per heavy atom. The molecule has 0 saturated heterocycles. The molecule has 0 bridgehead atoms. The molecular weight excluding hydrogens is 368 g/mol. The molecule has 0 aliphatic heterocycles. The fourth-order valence-electron chi connectivity index (χ4n) is 2.42. The van der Waals surface area contributed by atoms with Gasteiger partial charge in [0.1, 0.15) is 17.4 Å². The van der Waals surface area contributed by atoms with Crippen molar-refractivity contribution in [1.29, 1.82) is 0 Å². The third-order valence-corrected chi connectivity index (χ3v) is 4.21. The molecule has 1 heterocycles. The minimum atomic E-state index is -1.12. The Morgan fingerprint density at radius 1 is 1.18 bits per heavy atom. The van der Waals surface area contributed by atoms with E-state index < -0.39 is 29.5 Å². The monoisotopic (exact) mass is 390 g/mol. The number of amides is 2. The third kappa shape index (κ3) is 5.83. The van der Waals surface area contributed by atoms with Crippen LogP contribution in [-0.4, -0.2) is 42.1 Å². The van der Waals surface area contributed by atoms with E-state index in [1.807, 2.05) is 6.92 Å². The molecule has 2 aromatic rings. The average Bonchev–Trinajstić information content (AvgIpc) is 2.67. The highest BCUT2D eigenvalue weighted by Gasteiger charge is 2.25. The summed E-state index contributed by atoms with van der Waals surface area (Å²) in [7, 11) is 0. The summed E-state index contributed by atoms with van der Waals surface area (Å²) in [5, 5.41) is 14.6. The van der Waals surface area contributed by atoms with Gasteiger partial charge in [-0.15, -0.1) is 0 Å². The van der Waals surface area contributed by atoms with Crippen molar-refractivity contribution in [2.24, 2.45) is 5.92 Å². The van der Waals surface area contributed by atoms with Crippen molar-refractivity contribution in [2.45, 2.75) is 26.3 Å². The summed E-state index contributed by atoms with van der Waals surface area (Å²) in [6, 6.07) is 6.68. The van der Waals surface area contributed by atoms with Crippen LogP contribution < -0.4 is 21.0 Å². The number of carbonyl (C=O) groups is 3. The second-order valence-corrected chi connectivity index (χ2v) is 6.29. The van der Waals surface area contributed by atoms with Crippen LogP contribution in [0.3, 0.4) is 0 Å². The van der Waals surface area contributed by atoms with Gasteiger partial charge in [0.25, 0.3) is 5.91 Å². The molecule has 28 heavy (non-hydrogen) atoms. The second kappa shape index (κ2) is 9.54. The number of fused-ring (bicyclic) bond motifs is 1. The number of benzene rings is 1. The summed E-state index contributed by atoms with van der Waals surface area (Å²) in [6.07, 6.45) is 0.587. The summed E-state index contributed by atoms with van der Waals surface area (Å²) in [4.78, 5) is 46.1. The Morgan fingerprint density at radius 2 is 1.89 bits per heavy atom. The zero-order valence-electron chi connectivity index (χ0n) is 15.6. The quantitative estimate of drug-likeness (QED) is 0.542. The predicted molar refractivity (Wildman–Crippen MR) is 100 cm³/mol. The lowest BCUT2D eigenvalue weighted by Gasteiger charge is -2.20. The van der Waals surface area contributed by atoms with Gasteiger partial charge in [0.15, 0.2) is 6.61 Å². The van der Waals surface area contributed by atoms with Gasteiger partial charge in [0.05, 0.1) is 6.54 Å². The predicted octanol–water partition coefficient (Wildman–Crippen LogP) is 0.903. The number of rotatable bonds is 9. The molecule has 0 saturated carbocycles. The van der Waals surface area contributed by atoms with Crippen LogP contribution in [0.5, 0.6) is 5.75 Å². The van der Waals surface area contributed by atoms with Gasteiger partial charge in [-0.05, 0) is 24.1 Å². The summed E-state index contributed by atoms with van der Waals surface area (Å²) >= 11 is 0. The fraction of sp³-hybridized carbons (Fsp3) is 0.368. The molecule has 1 aromatic heterocycles. The summed E-state index contributed by atoms with van der Waals surface area (Å²) in [5.41, 5.74) is -0.167. The molecule has 9 heteroatoms. The minimum absolute atomic E-state index is 0.242. The lowest BCUT2D eigenvalue weighted by molar-refractivity contribution is -0.143. The second-order valence-electron chi connectivity index (χ2n) is 6.29. The Bertz CT molecular complexity index is 922. The molecule has 9 nitrogen and oxygen atoms in total. The van der Waals surface area contributed by atoms with Crippen LogP contribution in [-0.2, 0) is 14.4 Å². The number of carboxylic acids is 1. The molecule has 2 rings (SSSR count). The lowest BCUT2D eigenvalue weighted by atomic mass is 9.99. The largest absolute Gasteiger partial charge is 0.484 e. The molecule has 2 atom stereocenters. The molecule has 0 aliphatic rings. The van der Waals surface area contributed by atoms with E-state index in [0.717, 1.165) is 0 Å². The average molecular weight is 390 g/mol. The fourth-order valence-corrected chi connectivity index (χ4v) is 2.42. The first-order chi connectivity index (χ1) is 13.3. The summed E-state index contributed by atoms with van der Waals surface area (Å²) in [6.45, 7) is 2.82. The standard InChI is InChI=1S/C19H22N2O7/c1-3-11(2)18(19(25)26)21-15(22)9-20-16(23)10-27-13-6-4-12-5-7-17(24)28-14(12)8-13/h4-8,11,18H,3,9-10H2,1-2H3,(H,20,23)(H,21,22)(H,25,26). The zero-order chi connectivity index (χ0) is 20.7. The molecule has 150 valence electrons. The van der Waals surface area contributed by atoms with Gasteiger partial charge in [-0.2, -0.15) is 0 Å². The van der Waals surface area contributed by atoms with Crippen molar-refractivity contribution < 1.29 is 28.6 Å². The van der Waals surface area contributed by atoms with Crippen molar-refractivity contribution in [2.75, 3.05) is 13.2 Å². The molecule has 0 fully saturated rings. The van der Waals surface area contributed by atoms with E-state index in [2.05, 4.69) is 10.6 Å². The number of nitrogens with one attached hydrogen (secondary N) is 2. The van der Waals surface area contributed by atoms with Crippen molar-refractivity contribution >= 4 is 28.8 Å². The number of carbonyl (C=O) groups excluding carboxylic acids is 2. The maximum absolute atomic E-state index is 11.9. The Kier molecular flexibility index (Phi) is 7.14. The first-order valence-corrected chi connectivity index (χ1v) is 8.75. The number of hydrogen-bond donors (Lipinski definition) is 3. The van der Waals surface area contributed by atoms with Crippen LogP contribution in [0.2, 0.25) is 0 Å². The van der Waals surface area contributed by atoms with Crippen LogP contribution in [0.25, 0.3) is 11.0 Å². The number of ether oxygens (including phenoxy) is 1. The molecular formula is C19H22N2O7. The van der Waals surface area contributed by atoms with Crippen LogP contribution in [0.1, 0.15) is 20.3 Å². The van der Waals surface area contributed by atoms with E-state index in [1.54, 1.807) is 25.1 Å². The molecule has 2 unspecified atom stereocenters. The first kappa shape index (κ1) is 20.9. The van der Waals surface area contributed by atoms with Gasteiger partial charge in [0.2, 0.25) is 5.91 Å². The van der Waals surface area contributed by atoms with Crippen molar-refractivity contribution in [3.8, 4) is 5.75 Å². The number of hydrogen-bond acceptors (Lipinski definition) is 6. The minimum Gasteiger partial charge on any atom is -0.484 e. The van der Waals surface area contributed by atoms with Crippen LogP contribution >= 0.6 is 0 Å². The molecule has 1 aromatic carbocycles. The highest BCUT2D eigenvalue weighted by atomic mass is 16.5. The van der Waals surface area contributed by atoms with E-state index in [1.165, 1.54) is 12.1 Å². The van der Waals surface area contributed by atoms with Gasteiger partial charge in [-0.3, -0.25) is 9.59 Å². The highest BCUT2D eigenvalue weighted by Crippen LogP contribution is 2.19. The SMILES string of the molecule is CCC(C)C(NC(=O)CNC(=O)COc1ccc2ccc(=O)oc2c1)C(=O)O. The van der Waals surface area contributed by atoms with E-state index in [4.69, 9.17) is 14.3 Å². The van der Waals surface area contributed by atoms with E-state index in [0.29, 0.717) is 23.1 Å². The highest BCUT2D eigenvalue weighted by molar-refractivity contribution is 5.88. The first-order valence-electron chi connectivity index (χ1n) is 8.75. The number of carboxylic acid groups (broad SMARTS) is 1. The maximum atomic E-state index is 11.9. The van der Waals surface area contributed by atoms with Gasteiger partial charge < -0.3 is 24.9 Å². The molecule has 0 radical (unpaired) electrons. The van der Waals surface area contributed by atoms with Crippen molar-refractivity contribution in [1.82, 2.24) is 10.6 Å². The normalized spacial score (nSPS) is 12.8. The lowest BCUT2D eigenvalue weighted by Crippen LogP contribution is -2.48. The Hall–Kier alpha value is -3.36. The topological polar surface area (TPSA) is 135 Å². The van der Waals surface area contributed by atoms with Crippen LogP contribution in [0.4, 0.5) is 0 Å². The van der Waals surface area contributed by atoms with Gasteiger partial charge >= 0.3 is 11.6 Å². The number of aliphatic carboxylic acids is 1. The third-order valence-electron chi connectivity index (χ3n) is 4.21. The maximum Gasteiger partial charge on any atom is 0.336 e. The van der Waals surface area contributed by atoms with Crippen molar-refractivity contribution in [3.05, 3.63) is 40.8 Å². The van der Waals surface area contributed by atoms with Gasteiger partial charge in [-0.1, -0.05) is 20.3 Å². The molecule has 0 aliphatic carbocycles. The zero-order valence-corrected chi connectivity index (χ0v) is 15.6. The molecule has 0 spiro atoms. The van der Waals surface area contributed by atoms with E-state index in [9.17, 15) is 19.2 Å². The van der Waals surface area contributed by atoms with Crippen molar-refractivity contribution in [3.63, 3.8) is 0 Å². The molecule has 2 amide bonds. The Balaban J connectivity index is 1.83. The van der Waals surface area contributed by atoms with Crippen LogP contribution in [0.15, 0.2) is 39.5 Å².